The van der Waals surface area contributed by atoms with Crippen LogP contribution in [0.5, 0.6) is 0 Å². The van der Waals surface area contributed by atoms with Crippen LogP contribution < -0.4 is 5.56 Å². The number of aromatic nitrogens is 3. The van der Waals surface area contributed by atoms with Gasteiger partial charge in [0.05, 0.1) is 18.4 Å². The fraction of sp³-hybridized carbons (Fsp3) is 0.533. The van der Waals surface area contributed by atoms with Gasteiger partial charge in [-0.05, 0) is 18.9 Å². The molecule has 0 atom stereocenters. The van der Waals surface area contributed by atoms with Crippen LogP contribution in [-0.2, 0) is 13.1 Å². The van der Waals surface area contributed by atoms with Crippen molar-refractivity contribution in [2.24, 2.45) is 5.92 Å². The Hall–Kier alpha value is -1.95. The fourth-order valence-corrected chi connectivity index (χ4v) is 2.92. The van der Waals surface area contributed by atoms with Gasteiger partial charge in [0.2, 0.25) is 0 Å². The highest BCUT2D eigenvalue weighted by molar-refractivity contribution is 5.12. The number of hydrogen-bond acceptors (Lipinski definition) is 5. The van der Waals surface area contributed by atoms with Gasteiger partial charge in [-0.2, -0.15) is 5.10 Å². The highest BCUT2D eigenvalue weighted by Gasteiger charge is 2.29. The van der Waals surface area contributed by atoms with Gasteiger partial charge < -0.3 is 4.52 Å². The minimum Gasteiger partial charge on any atom is -0.364 e. The SMILES string of the molecule is O=c1ccc(C2CC2)nn1CC1CN(Cc2cnoc2)C1. The molecule has 2 fully saturated rings. The van der Waals surface area contributed by atoms with E-state index in [-0.39, 0.29) is 5.56 Å². The molecule has 0 N–H and O–H groups in total. The lowest BCUT2D eigenvalue weighted by Gasteiger charge is -2.38. The Labute approximate surface area is 122 Å². The summed E-state index contributed by atoms with van der Waals surface area (Å²) < 4.78 is 6.48. The van der Waals surface area contributed by atoms with Crippen molar-refractivity contribution in [2.45, 2.75) is 31.8 Å². The predicted octanol–water partition coefficient (Wildman–Crippen LogP) is 1.24. The Morgan fingerprint density at radius 3 is 2.86 bits per heavy atom. The number of rotatable bonds is 5. The third kappa shape index (κ3) is 2.76. The van der Waals surface area contributed by atoms with E-state index in [0.717, 1.165) is 37.4 Å². The van der Waals surface area contributed by atoms with Crippen molar-refractivity contribution in [1.82, 2.24) is 19.8 Å². The molecule has 2 aromatic heterocycles. The lowest BCUT2D eigenvalue weighted by Crippen LogP contribution is -2.48. The maximum Gasteiger partial charge on any atom is 0.266 e. The van der Waals surface area contributed by atoms with E-state index < -0.39 is 0 Å². The molecule has 1 aliphatic carbocycles. The van der Waals surface area contributed by atoms with Crippen molar-refractivity contribution in [1.29, 1.82) is 0 Å². The van der Waals surface area contributed by atoms with Crippen molar-refractivity contribution in [2.75, 3.05) is 13.1 Å². The van der Waals surface area contributed by atoms with Crippen molar-refractivity contribution in [3.05, 3.63) is 46.2 Å². The molecule has 4 rings (SSSR count). The summed E-state index contributed by atoms with van der Waals surface area (Å²) in [6.07, 6.45) is 5.85. The first kappa shape index (κ1) is 12.8. The summed E-state index contributed by atoms with van der Waals surface area (Å²) in [6.45, 7) is 3.57. The van der Waals surface area contributed by atoms with Crippen LogP contribution in [0.15, 0.2) is 33.9 Å². The van der Waals surface area contributed by atoms with Crippen LogP contribution in [-0.4, -0.2) is 32.9 Å². The van der Waals surface area contributed by atoms with E-state index in [1.807, 2.05) is 6.07 Å². The van der Waals surface area contributed by atoms with E-state index in [1.54, 1.807) is 23.2 Å². The van der Waals surface area contributed by atoms with Crippen LogP contribution in [0.1, 0.15) is 30.0 Å². The minimum absolute atomic E-state index is 0.0110. The molecule has 1 saturated carbocycles. The number of nitrogens with zero attached hydrogens (tertiary/aromatic N) is 4. The summed E-state index contributed by atoms with van der Waals surface area (Å²) in [7, 11) is 0. The van der Waals surface area contributed by atoms with E-state index in [2.05, 4.69) is 15.2 Å². The van der Waals surface area contributed by atoms with Gasteiger partial charge in [0.25, 0.3) is 5.56 Å². The average molecular weight is 286 g/mol. The van der Waals surface area contributed by atoms with Gasteiger partial charge in [-0.15, -0.1) is 0 Å². The summed E-state index contributed by atoms with van der Waals surface area (Å²) in [4.78, 5) is 14.2. The molecule has 0 unspecified atom stereocenters. The Bertz CT molecular complexity index is 669. The lowest BCUT2D eigenvalue weighted by molar-refractivity contribution is 0.0763. The highest BCUT2D eigenvalue weighted by atomic mass is 16.5. The number of hydrogen-bond donors (Lipinski definition) is 0. The summed E-state index contributed by atoms with van der Waals surface area (Å²) in [5, 5.41) is 8.22. The molecule has 1 saturated heterocycles. The topological polar surface area (TPSA) is 64.2 Å². The lowest BCUT2D eigenvalue weighted by atomic mass is 10.00. The first-order valence-corrected chi connectivity index (χ1v) is 7.46. The molecule has 110 valence electrons. The summed E-state index contributed by atoms with van der Waals surface area (Å²) >= 11 is 0. The van der Waals surface area contributed by atoms with E-state index in [9.17, 15) is 4.79 Å². The number of likely N-dealkylation sites (tertiary alicyclic amines) is 1. The molecule has 0 bridgehead atoms. The molecule has 0 spiro atoms. The molecule has 3 heterocycles. The molecule has 6 nitrogen and oxygen atoms in total. The monoisotopic (exact) mass is 286 g/mol. The van der Waals surface area contributed by atoms with Crippen LogP contribution in [0.4, 0.5) is 0 Å². The average Bonchev–Trinajstić information content (AvgIpc) is 3.16. The molecule has 6 heteroatoms. The third-order valence-electron chi connectivity index (χ3n) is 4.24. The van der Waals surface area contributed by atoms with Crippen molar-refractivity contribution < 1.29 is 4.52 Å². The largest absolute Gasteiger partial charge is 0.364 e. The molecule has 0 amide bonds. The van der Waals surface area contributed by atoms with Gasteiger partial charge in [-0.25, -0.2) is 4.68 Å². The maximum absolute atomic E-state index is 11.9. The molecule has 21 heavy (non-hydrogen) atoms. The molecule has 2 aromatic rings. The molecule has 0 radical (unpaired) electrons. The zero-order valence-corrected chi connectivity index (χ0v) is 11.8. The first-order chi connectivity index (χ1) is 10.3. The Balaban J connectivity index is 1.35. The molecule has 1 aliphatic heterocycles. The van der Waals surface area contributed by atoms with Crippen molar-refractivity contribution in [3.8, 4) is 0 Å². The zero-order chi connectivity index (χ0) is 14.2. The van der Waals surface area contributed by atoms with Crippen LogP contribution in [0.3, 0.4) is 0 Å². The Morgan fingerprint density at radius 1 is 1.29 bits per heavy atom. The van der Waals surface area contributed by atoms with E-state index in [1.165, 1.54) is 12.8 Å². The predicted molar refractivity (Wildman–Crippen MR) is 75.7 cm³/mol. The standard InChI is InChI=1S/C15H18N4O2/c20-15-4-3-14(13-1-2-13)17-19(15)9-12-7-18(8-12)6-11-5-16-21-10-11/h3-5,10,12-13H,1-2,6-9H2. The van der Waals surface area contributed by atoms with Gasteiger partial charge >= 0.3 is 0 Å². The van der Waals surface area contributed by atoms with Gasteiger partial charge in [0.1, 0.15) is 6.26 Å². The molecular formula is C15H18N4O2. The van der Waals surface area contributed by atoms with E-state index >= 15 is 0 Å². The fourth-order valence-electron chi connectivity index (χ4n) is 2.92. The normalized spacial score (nSPS) is 19.6. The van der Waals surface area contributed by atoms with E-state index in [0.29, 0.717) is 11.8 Å². The van der Waals surface area contributed by atoms with Crippen LogP contribution in [0, 0.1) is 5.92 Å². The van der Waals surface area contributed by atoms with Crippen molar-refractivity contribution in [3.63, 3.8) is 0 Å². The zero-order valence-electron chi connectivity index (χ0n) is 11.8. The second-order valence-electron chi connectivity index (χ2n) is 6.15. The van der Waals surface area contributed by atoms with Crippen LogP contribution in [0.2, 0.25) is 0 Å². The highest BCUT2D eigenvalue weighted by Crippen LogP contribution is 2.38. The smallest absolute Gasteiger partial charge is 0.266 e. The second-order valence-corrected chi connectivity index (χ2v) is 6.15. The molecule has 0 aromatic carbocycles. The Morgan fingerprint density at radius 2 is 2.14 bits per heavy atom. The maximum atomic E-state index is 11.9. The third-order valence-corrected chi connectivity index (χ3v) is 4.24. The van der Waals surface area contributed by atoms with Gasteiger partial charge in [-0.3, -0.25) is 9.69 Å². The van der Waals surface area contributed by atoms with Crippen LogP contribution in [0.25, 0.3) is 0 Å². The van der Waals surface area contributed by atoms with Crippen LogP contribution >= 0.6 is 0 Å². The second kappa shape index (κ2) is 5.11. The van der Waals surface area contributed by atoms with E-state index in [4.69, 9.17) is 4.52 Å². The van der Waals surface area contributed by atoms with Gasteiger partial charge in [0.15, 0.2) is 0 Å². The summed E-state index contributed by atoms with van der Waals surface area (Å²) in [5.41, 5.74) is 2.19. The Kier molecular flexibility index (Phi) is 3.11. The molecule has 2 aliphatic rings. The van der Waals surface area contributed by atoms with Gasteiger partial charge in [0, 0.05) is 43.1 Å². The summed E-state index contributed by atoms with van der Waals surface area (Å²) in [5.74, 6) is 1.09. The first-order valence-electron chi connectivity index (χ1n) is 7.46. The molecular weight excluding hydrogens is 268 g/mol. The van der Waals surface area contributed by atoms with Crippen molar-refractivity contribution >= 4 is 0 Å². The quantitative estimate of drug-likeness (QED) is 0.827. The summed E-state index contributed by atoms with van der Waals surface area (Å²) in [6, 6.07) is 3.55. The minimum atomic E-state index is 0.0110. The van der Waals surface area contributed by atoms with Gasteiger partial charge in [-0.1, -0.05) is 5.16 Å².